The van der Waals surface area contributed by atoms with Gasteiger partial charge in [0, 0.05) is 29.7 Å². The Morgan fingerprint density at radius 2 is 2.00 bits per heavy atom. The van der Waals surface area contributed by atoms with E-state index in [9.17, 15) is 13.2 Å². The Bertz CT molecular complexity index is 887. The molecule has 0 radical (unpaired) electrons. The highest BCUT2D eigenvalue weighted by molar-refractivity contribution is 7.89. The van der Waals surface area contributed by atoms with Crippen molar-refractivity contribution in [3.8, 4) is 0 Å². The van der Waals surface area contributed by atoms with Crippen molar-refractivity contribution in [2.75, 3.05) is 12.4 Å². The highest BCUT2D eigenvalue weighted by Crippen LogP contribution is 2.27. The molecule has 1 N–H and O–H groups in total. The summed E-state index contributed by atoms with van der Waals surface area (Å²) in [5.74, 6) is -0.364. The maximum atomic E-state index is 13.0. The van der Waals surface area contributed by atoms with E-state index in [2.05, 4.69) is 10.3 Å². The molecule has 1 amide bonds. The number of aryl methyl sites for hydroxylation is 1. The van der Waals surface area contributed by atoms with Crippen LogP contribution in [0, 0.1) is 6.92 Å². The number of carbonyl (C=O) groups excluding carboxylic acids is 1. The Hall–Kier alpha value is -1.77. The van der Waals surface area contributed by atoms with E-state index in [0.29, 0.717) is 10.7 Å². The van der Waals surface area contributed by atoms with Gasteiger partial charge in [-0.15, -0.1) is 11.3 Å². The Balaban J connectivity index is 1.80. The van der Waals surface area contributed by atoms with E-state index in [0.717, 1.165) is 37.0 Å². The lowest BCUT2D eigenvalue weighted by atomic mass is 9.96. The average Bonchev–Trinajstić information content (AvgIpc) is 3.06. The molecule has 8 heteroatoms. The van der Waals surface area contributed by atoms with Crippen LogP contribution in [0.2, 0.25) is 0 Å². The first-order chi connectivity index (χ1) is 12.4. The zero-order chi connectivity index (χ0) is 18.7. The number of benzene rings is 1. The monoisotopic (exact) mass is 393 g/mol. The smallest absolute Gasteiger partial charge is 0.257 e. The van der Waals surface area contributed by atoms with E-state index in [1.165, 1.54) is 21.7 Å². The van der Waals surface area contributed by atoms with Gasteiger partial charge in [-0.2, -0.15) is 4.31 Å². The fourth-order valence-electron chi connectivity index (χ4n) is 3.19. The third-order valence-electron chi connectivity index (χ3n) is 4.70. The summed E-state index contributed by atoms with van der Waals surface area (Å²) in [4.78, 5) is 17.7. The number of hydrogen-bond donors (Lipinski definition) is 1. The number of rotatable bonds is 5. The fourth-order valence-corrected chi connectivity index (χ4v) is 5.31. The van der Waals surface area contributed by atoms with E-state index in [1.807, 2.05) is 6.92 Å². The van der Waals surface area contributed by atoms with Crippen molar-refractivity contribution in [2.24, 2.45) is 0 Å². The van der Waals surface area contributed by atoms with Crippen LogP contribution in [0.4, 0.5) is 5.13 Å². The largest absolute Gasteiger partial charge is 0.298 e. The molecule has 3 rings (SSSR count). The second-order valence-corrected chi connectivity index (χ2v) is 9.80. The lowest BCUT2D eigenvalue weighted by molar-refractivity contribution is 0.102. The number of nitrogens with zero attached hydrogens (tertiary/aromatic N) is 2. The van der Waals surface area contributed by atoms with Gasteiger partial charge < -0.3 is 0 Å². The van der Waals surface area contributed by atoms with Gasteiger partial charge in [-0.1, -0.05) is 25.3 Å². The van der Waals surface area contributed by atoms with E-state index >= 15 is 0 Å². The molecule has 0 atom stereocenters. The zero-order valence-corrected chi connectivity index (χ0v) is 16.6. The van der Waals surface area contributed by atoms with Gasteiger partial charge in [-0.25, -0.2) is 13.4 Å². The third kappa shape index (κ3) is 4.13. The first-order valence-electron chi connectivity index (χ1n) is 8.70. The summed E-state index contributed by atoms with van der Waals surface area (Å²) in [7, 11) is -1.99. The molecule has 0 unspecified atom stereocenters. The molecule has 1 saturated carbocycles. The van der Waals surface area contributed by atoms with Crippen molar-refractivity contribution < 1.29 is 13.2 Å². The van der Waals surface area contributed by atoms with Crippen LogP contribution in [0.15, 0.2) is 35.4 Å². The second kappa shape index (κ2) is 7.85. The maximum Gasteiger partial charge on any atom is 0.257 e. The number of carbonyl (C=O) groups is 1. The van der Waals surface area contributed by atoms with Crippen LogP contribution in [0.3, 0.4) is 0 Å². The molecule has 1 fully saturated rings. The molecule has 6 nitrogen and oxygen atoms in total. The van der Waals surface area contributed by atoms with Crippen molar-refractivity contribution in [3.05, 3.63) is 40.9 Å². The zero-order valence-electron chi connectivity index (χ0n) is 14.9. The first-order valence-corrected chi connectivity index (χ1v) is 11.0. The van der Waals surface area contributed by atoms with E-state index < -0.39 is 10.0 Å². The fraction of sp³-hybridized carbons (Fsp3) is 0.444. The van der Waals surface area contributed by atoms with E-state index in [4.69, 9.17) is 0 Å². The topological polar surface area (TPSA) is 79.4 Å². The predicted octanol–water partition coefficient (Wildman–Crippen LogP) is 3.66. The molecule has 140 valence electrons. The van der Waals surface area contributed by atoms with Gasteiger partial charge in [0.25, 0.3) is 5.91 Å². The molecular weight excluding hydrogens is 370 g/mol. The van der Waals surface area contributed by atoms with E-state index in [-0.39, 0.29) is 16.8 Å². The number of amides is 1. The Labute approximate surface area is 158 Å². The highest BCUT2D eigenvalue weighted by Gasteiger charge is 2.29. The van der Waals surface area contributed by atoms with E-state index in [1.54, 1.807) is 31.4 Å². The minimum atomic E-state index is -3.62. The van der Waals surface area contributed by atoms with Gasteiger partial charge in [0.1, 0.15) is 0 Å². The van der Waals surface area contributed by atoms with Crippen molar-refractivity contribution in [2.45, 2.75) is 50.0 Å². The molecule has 1 aliphatic carbocycles. The van der Waals surface area contributed by atoms with Crippen LogP contribution in [0.1, 0.15) is 47.3 Å². The van der Waals surface area contributed by atoms with Gasteiger partial charge in [0.15, 0.2) is 5.13 Å². The molecule has 0 aliphatic heterocycles. The van der Waals surface area contributed by atoms with Gasteiger partial charge in [0.05, 0.1) is 4.90 Å². The molecule has 1 heterocycles. The number of thiazole rings is 1. The van der Waals surface area contributed by atoms with Gasteiger partial charge in [0.2, 0.25) is 10.0 Å². The Morgan fingerprint density at radius 1 is 1.27 bits per heavy atom. The molecule has 1 aromatic carbocycles. The van der Waals surface area contributed by atoms with Gasteiger partial charge in [-0.05, 0) is 38.0 Å². The van der Waals surface area contributed by atoms with Crippen molar-refractivity contribution in [1.29, 1.82) is 0 Å². The van der Waals surface area contributed by atoms with Crippen molar-refractivity contribution >= 4 is 32.4 Å². The first kappa shape index (κ1) is 19.0. The predicted molar refractivity (Wildman–Crippen MR) is 103 cm³/mol. The molecule has 1 aliphatic rings. The molecule has 0 saturated heterocycles. The van der Waals surface area contributed by atoms with Crippen molar-refractivity contribution in [1.82, 2.24) is 9.29 Å². The summed E-state index contributed by atoms with van der Waals surface area (Å²) >= 11 is 1.37. The van der Waals surface area contributed by atoms with Crippen LogP contribution in [-0.4, -0.2) is 36.7 Å². The number of sulfonamides is 1. The van der Waals surface area contributed by atoms with Crippen LogP contribution in [0.25, 0.3) is 0 Å². The van der Waals surface area contributed by atoms with Crippen LogP contribution >= 0.6 is 11.3 Å². The quantitative estimate of drug-likeness (QED) is 0.841. The molecular formula is C18H23N3O3S2. The molecule has 1 aromatic heterocycles. The Morgan fingerprint density at radius 3 is 2.65 bits per heavy atom. The van der Waals surface area contributed by atoms with Gasteiger partial charge in [-0.3, -0.25) is 10.1 Å². The minimum Gasteiger partial charge on any atom is -0.298 e. The van der Waals surface area contributed by atoms with Crippen LogP contribution in [0.5, 0.6) is 0 Å². The molecule has 0 bridgehead atoms. The summed E-state index contributed by atoms with van der Waals surface area (Å²) in [6.07, 6.45) is 6.73. The summed E-state index contributed by atoms with van der Waals surface area (Å²) in [6.45, 7) is 1.90. The second-order valence-electron chi connectivity index (χ2n) is 6.57. The van der Waals surface area contributed by atoms with Crippen LogP contribution in [-0.2, 0) is 10.0 Å². The number of nitrogens with one attached hydrogen (secondary N) is 1. The number of anilines is 1. The third-order valence-corrected chi connectivity index (χ3v) is 7.44. The Kier molecular flexibility index (Phi) is 5.74. The average molecular weight is 394 g/mol. The summed E-state index contributed by atoms with van der Waals surface area (Å²) in [5, 5.41) is 3.21. The SMILES string of the molecule is Cc1cnc(NC(=O)c2cccc(S(=O)(=O)N(C)C3CCCCC3)c2)s1. The molecule has 26 heavy (non-hydrogen) atoms. The minimum absolute atomic E-state index is 0.0320. The normalized spacial score (nSPS) is 16.0. The molecule has 2 aromatic rings. The summed E-state index contributed by atoms with van der Waals surface area (Å²) < 4.78 is 27.4. The lowest BCUT2D eigenvalue weighted by Crippen LogP contribution is -2.38. The maximum absolute atomic E-state index is 13.0. The van der Waals surface area contributed by atoms with Crippen molar-refractivity contribution in [3.63, 3.8) is 0 Å². The highest BCUT2D eigenvalue weighted by atomic mass is 32.2. The summed E-state index contributed by atoms with van der Waals surface area (Å²) in [5.41, 5.74) is 0.302. The number of aromatic nitrogens is 1. The van der Waals surface area contributed by atoms with Crippen LogP contribution < -0.4 is 5.32 Å². The van der Waals surface area contributed by atoms with Gasteiger partial charge >= 0.3 is 0 Å². The lowest BCUT2D eigenvalue weighted by Gasteiger charge is -2.30. The standard InChI is InChI=1S/C18H23N3O3S2/c1-13-12-19-18(25-13)20-17(22)14-7-6-10-16(11-14)26(23,24)21(2)15-8-4-3-5-9-15/h6-7,10-12,15H,3-5,8-9H2,1-2H3,(H,19,20,22). The number of hydrogen-bond acceptors (Lipinski definition) is 5. The molecule has 0 spiro atoms. The summed E-state index contributed by atoms with van der Waals surface area (Å²) in [6, 6.07) is 6.21.